The van der Waals surface area contributed by atoms with Crippen LogP contribution in [0.4, 0.5) is 16.2 Å². The molecular formula is C25H28N4O2. The van der Waals surface area contributed by atoms with Gasteiger partial charge in [0.15, 0.2) is 0 Å². The zero-order valence-electron chi connectivity index (χ0n) is 18.0. The van der Waals surface area contributed by atoms with Crippen molar-refractivity contribution < 1.29 is 9.53 Å². The van der Waals surface area contributed by atoms with Crippen LogP contribution in [0, 0.1) is 6.92 Å². The van der Waals surface area contributed by atoms with E-state index in [0.29, 0.717) is 13.2 Å². The molecule has 6 heteroatoms. The van der Waals surface area contributed by atoms with Crippen LogP contribution in [-0.4, -0.2) is 61.9 Å². The summed E-state index contributed by atoms with van der Waals surface area (Å²) < 4.78 is 5.06. The summed E-state index contributed by atoms with van der Waals surface area (Å²) in [6.07, 6.45) is 0.737. The largest absolute Gasteiger partial charge is 0.447 e. The molecule has 0 N–H and O–H groups in total. The molecule has 1 aromatic heterocycles. The van der Waals surface area contributed by atoms with Crippen LogP contribution in [0.25, 0.3) is 10.9 Å². The number of nitrogens with zero attached hydrogens (tertiary/aromatic N) is 4. The highest BCUT2D eigenvalue weighted by Crippen LogP contribution is 2.27. The predicted octanol–water partition coefficient (Wildman–Crippen LogP) is 3.86. The highest BCUT2D eigenvalue weighted by atomic mass is 16.6. The van der Waals surface area contributed by atoms with E-state index in [9.17, 15) is 4.79 Å². The van der Waals surface area contributed by atoms with Crippen LogP contribution in [-0.2, 0) is 11.2 Å². The number of anilines is 2. The third kappa shape index (κ3) is 4.21. The Hall–Kier alpha value is -3.12. The third-order valence-corrected chi connectivity index (χ3v) is 6.26. The van der Waals surface area contributed by atoms with E-state index in [2.05, 4.69) is 57.2 Å². The minimum Gasteiger partial charge on any atom is -0.447 e. The van der Waals surface area contributed by atoms with E-state index in [0.717, 1.165) is 56.0 Å². The first-order valence-corrected chi connectivity index (χ1v) is 11.0. The van der Waals surface area contributed by atoms with Crippen molar-refractivity contribution >= 4 is 28.4 Å². The van der Waals surface area contributed by atoms with Gasteiger partial charge in [-0.2, -0.15) is 0 Å². The van der Waals surface area contributed by atoms with Gasteiger partial charge in [-0.15, -0.1) is 0 Å². The number of piperazine rings is 1. The number of hydrogen-bond acceptors (Lipinski definition) is 5. The first kappa shape index (κ1) is 19.8. The number of hydrogen-bond donors (Lipinski definition) is 0. The molecular weight excluding hydrogens is 388 g/mol. The fourth-order valence-electron chi connectivity index (χ4n) is 4.52. The SMILES string of the molecule is Cc1ccc2c(N3CCN(CCc4cccc(N5CCOC5=O)c4)CC3)cccc2n1. The van der Waals surface area contributed by atoms with Crippen molar-refractivity contribution in [2.45, 2.75) is 13.3 Å². The van der Waals surface area contributed by atoms with Crippen LogP contribution in [0.2, 0.25) is 0 Å². The highest BCUT2D eigenvalue weighted by molar-refractivity contribution is 5.92. The summed E-state index contributed by atoms with van der Waals surface area (Å²) in [6.45, 7) is 8.31. The topological polar surface area (TPSA) is 48.9 Å². The smallest absolute Gasteiger partial charge is 0.414 e. The number of carbonyl (C=O) groups excluding carboxylic acids is 1. The summed E-state index contributed by atoms with van der Waals surface area (Å²) in [5.41, 5.74) is 5.61. The molecule has 0 unspecified atom stereocenters. The van der Waals surface area contributed by atoms with Gasteiger partial charge < -0.3 is 9.64 Å². The Morgan fingerprint density at radius 3 is 2.61 bits per heavy atom. The van der Waals surface area contributed by atoms with Crippen molar-refractivity contribution in [3.05, 3.63) is 65.9 Å². The maximum absolute atomic E-state index is 11.8. The van der Waals surface area contributed by atoms with E-state index in [1.54, 1.807) is 4.90 Å². The lowest BCUT2D eigenvalue weighted by atomic mass is 10.1. The Kier molecular flexibility index (Phi) is 5.47. The molecule has 2 saturated heterocycles. The van der Waals surface area contributed by atoms with Gasteiger partial charge in [-0.1, -0.05) is 18.2 Å². The van der Waals surface area contributed by atoms with E-state index in [1.807, 2.05) is 19.1 Å². The van der Waals surface area contributed by atoms with Crippen LogP contribution in [0.1, 0.15) is 11.3 Å². The quantitative estimate of drug-likeness (QED) is 0.632. The van der Waals surface area contributed by atoms with E-state index >= 15 is 0 Å². The van der Waals surface area contributed by atoms with Crippen molar-refractivity contribution in [1.29, 1.82) is 0 Å². The Bertz CT molecular complexity index is 1090. The van der Waals surface area contributed by atoms with Crippen molar-refractivity contribution in [1.82, 2.24) is 9.88 Å². The molecule has 0 bridgehead atoms. The maximum Gasteiger partial charge on any atom is 0.414 e. The number of ether oxygens (including phenoxy) is 1. The van der Waals surface area contributed by atoms with Gasteiger partial charge in [-0.3, -0.25) is 14.8 Å². The van der Waals surface area contributed by atoms with Gasteiger partial charge in [-0.05, 0) is 55.3 Å². The van der Waals surface area contributed by atoms with E-state index in [4.69, 9.17) is 4.74 Å². The molecule has 0 atom stereocenters. The number of aromatic nitrogens is 1. The molecule has 2 fully saturated rings. The van der Waals surface area contributed by atoms with Gasteiger partial charge >= 0.3 is 6.09 Å². The summed E-state index contributed by atoms with van der Waals surface area (Å²) in [7, 11) is 0. The second-order valence-corrected chi connectivity index (χ2v) is 8.31. The van der Waals surface area contributed by atoms with Gasteiger partial charge in [0, 0.05) is 55.2 Å². The predicted molar refractivity (Wildman–Crippen MR) is 124 cm³/mol. The average Bonchev–Trinajstić information content (AvgIpc) is 3.23. The fourth-order valence-corrected chi connectivity index (χ4v) is 4.52. The summed E-state index contributed by atoms with van der Waals surface area (Å²) >= 11 is 0. The number of carbonyl (C=O) groups is 1. The van der Waals surface area contributed by atoms with Gasteiger partial charge in [0.25, 0.3) is 0 Å². The van der Waals surface area contributed by atoms with Crippen LogP contribution >= 0.6 is 0 Å². The van der Waals surface area contributed by atoms with Crippen LogP contribution in [0.5, 0.6) is 0 Å². The number of pyridine rings is 1. The Morgan fingerprint density at radius 1 is 0.968 bits per heavy atom. The van der Waals surface area contributed by atoms with Crippen LogP contribution < -0.4 is 9.80 Å². The monoisotopic (exact) mass is 416 g/mol. The zero-order chi connectivity index (χ0) is 21.2. The van der Waals surface area contributed by atoms with E-state index < -0.39 is 0 Å². The maximum atomic E-state index is 11.8. The molecule has 3 aromatic rings. The standard InChI is InChI=1S/C25H28N4O2/c1-19-8-9-22-23(26-19)6-3-7-24(22)28-14-12-27(13-15-28)11-10-20-4-2-5-21(18-20)29-16-17-31-25(29)30/h2-9,18H,10-17H2,1H3. The van der Waals surface area contributed by atoms with Gasteiger partial charge in [0.1, 0.15) is 6.61 Å². The Balaban J connectivity index is 1.19. The number of fused-ring (bicyclic) bond motifs is 1. The molecule has 3 heterocycles. The van der Waals surface area contributed by atoms with Crippen molar-refractivity contribution in [2.75, 3.05) is 55.7 Å². The molecule has 31 heavy (non-hydrogen) atoms. The second-order valence-electron chi connectivity index (χ2n) is 8.31. The van der Waals surface area contributed by atoms with Gasteiger partial charge in [0.05, 0.1) is 12.1 Å². The summed E-state index contributed by atoms with van der Waals surface area (Å²) in [6, 6.07) is 19.0. The molecule has 2 aliphatic rings. The number of benzene rings is 2. The number of cyclic esters (lactones) is 1. The highest BCUT2D eigenvalue weighted by Gasteiger charge is 2.24. The molecule has 2 aliphatic heterocycles. The molecule has 1 amide bonds. The summed E-state index contributed by atoms with van der Waals surface area (Å²) in [5.74, 6) is 0. The normalized spacial score (nSPS) is 17.4. The molecule has 0 radical (unpaired) electrons. The van der Waals surface area contributed by atoms with Crippen molar-refractivity contribution in [3.63, 3.8) is 0 Å². The molecule has 160 valence electrons. The number of amides is 1. The third-order valence-electron chi connectivity index (χ3n) is 6.26. The molecule has 0 spiro atoms. The lowest BCUT2D eigenvalue weighted by Crippen LogP contribution is -2.47. The Labute approximate surface area is 183 Å². The molecule has 5 rings (SSSR count). The van der Waals surface area contributed by atoms with Crippen LogP contribution in [0.15, 0.2) is 54.6 Å². The lowest BCUT2D eigenvalue weighted by Gasteiger charge is -2.36. The lowest BCUT2D eigenvalue weighted by molar-refractivity contribution is 0.181. The molecule has 6 nitrogen and oxygen atoms in total. The molecule has 0 aliphatic carbocycles. The van der Waals surface area contributed by atoms with Crippen LogP contribution in [0.3, 0.4) is 0 Å². The summed E-state index contributed by atoms with van der Waals surface area (Å²) in [4.78, 5) is 23.2. The minimum absolute atomic E-state index is 0.243. The number of rotatable bonds is 5. The first-order valence-electron chi connectivity index (χ1n) is 11.0. The van der Waals surface area contributed by atoms with Gasteiger partial charge in [0.2, 0.25) is 0 Å². The minimum atomic E-state index is -0.243. The molecule has 0 saturated carbocycles. The average molecular weight is 417 g/mol. The fraction of sp³-hybridized carbons (Fsp3) is 0.360. The summed E-state index contributed by atoms with van der Waals surface area (Å²) in [5, 5.41) is 1.24. The zero-order valence-corrected chi connectivity index (χ0v) is 18.0. The first-order chi connectivity index (χ1) is 15.2. The van der Waals surface area contributed by atoms with Crippen molar-refractivity contribution in [3.8, 4) is 0 Å². The van der Waals surface area contributed by atoms with E-state index in [-0.39, 0.29) is 6.09 Å². The number of aryl methyl sites for hydroxylation is 1. The second kappa shape index (κ2) is 8.55. The Morgan fingerprint density at radius 2 is 1.81 bits per heavy atom. The molecule has 2 aromatic carbocycles. The van der Waals surface area contributed by atoms with E-state index in [1.165, 1.54) is 16.6 Å². The van der Waals surface area contributed by atoms with Crippen molar-refractivity contribution in [2.24, 2.45) is 0 Å². The van der Waals surface area contributed by atoms with Gasteiger partial charge in [-0.25, -0.2) is 4.79 Å².